The van der Waals surface area contributed by atoms with Gasteiger partial charge in [0.2, 0.25) is 0 Å². The summed E-state index contributed by atoms with van der Waals surface area (Å²) >= 11 is 2.42. The van der Waals surface area contributed by atoms with Gasteiger partial charge < -0.3 is 25.9 Å². The maximum atomic E-state index is 12.6. The fraction of sp³-hybridized carbons (Fsp3) is 0.357. The van der Waals surface area contributed by atoms with Crippen molar-refractivity contribution in [3.8, 4) is 0 Å². The molecule has 4 N–H and O–H groups in total. The minimum atomic E-state index is -1.07. The number of rotatable bonds is 6. The van der Waals surface area contributed by atoms with Crippen molar-refractivity contribution in [2.75, 3.05) is 18.1 Å². The van der Waals surface area contributed by atoms with Crippen LogP contribution in [0.3, 0.4) is 0 Å². The van der Waals surface area contributed by atoms with E-state index in [2.05, 4.69) is 15.5 Å². The number of oxime groups is 1. The van der Waals surface area contributed by atoms with E-state index in [-0.39, 0.29) is 45.8 Å². The molecule has 3 rings (SSSR count). The number of thioether (sulfide) groups is 1. The SMILES string of the molecule is CCON=C(C(=O)NC1C(=O)N2C=C(C(=O)O)CS[C@H]12)c1csc(N)n1. The number of carbonyl (C=O) groups excluding carboxylic acids is 2. The summed E-state index contributed by atoms with van der Waals surface area (Å²) in [5.41, 5.74) is 5.91. The lowest BCUT2D eigenvalue weighted by Gasteiger charge is -2.46. The van der Waals surface area contributed by atoms with Gasteiger partial charge in [0.05, 0.1) is 5.57 Å². The summed E-state index contributed by atoms with van der Waals surface area (Å²) in [4.78, 5) is 46.1. The molecule has 0 spiro atoms. The summed E-state index contributed by atoms with van der Waals surface area (Å²) in [6.07, 6.45) is 1.31. The Morgan fingerprint density at radius 3 is 2.96 bits per heavy atom. The van der Waals surface area contributed by atoms with Crippen molar-refractivity contribution in [3.05, 3.63) is 22.8 Å². The lowest BCUT2D eigenvalue weighted by molar-refractivity contribution is -0.144. The minimum Gasteiger partial charge on any atom is -0.478 e. The molecule has 3 heterocycles. The van der Waals surface area contributed by atoms with Crippen LogP contribution >= 0.6 is 23.1 Å². The predicted molar refractivity (Wildman–Crippen MR) is 95.4 cm³/mol. The van der Waals surface area contributed by atoms with Gasteiger partial charge in [0.1, 0.15) is 23.7 Å². The maximum absolute atomic E-state index is 12.6. The van der Waals surface area contributed by atoms with Gasteiger partial charge in [0, 0.05) is 17.3 Å². The van der Waals surface area contributed by atoms with E-state index < -0.39 is 17.9 Å². The molecule has 138 valence electrons. The van der Waals surface area contributed by atoms with Gasteiger partial charge in [0.25, 0.3) is 11.8 Å². The molecule has 1 fully saturated rings. The van der Waals surface area contributed by atoms with Crippen LogP contribution in [-0.4, -0.2) is 62.3 Å². The largest absolute Gasteiger partial charge is 0.478 e. The zero-order chi connectivity index (χ0) is 18.8. The average Bonchev–Trinajstić information content (AvgIpc) is 3.05. The first-order valence-corrected chi connectivity index (χ1v) is 9.45. The lowest BCUT2D eigenvalue weighted by Crippen LogP contribution is -2.69. The van der Waals surface area contributed by atoms with E-state index in [0.717, 1.165) is 11.3 Å². The highest BCUT2D eigenvalue weighted by Gasteiger charge is 2.50. The number of nitrogens with two attached hydrogens (primary N) is 1. The Kier molecular flexibility index (Phi) is 5.13. The highest BCUT2D eigenvalue weighted by atomic mass is 32.2. The summed E-state index contributed by atoms with van der Waals surface area (Å²) in [5, 5.41) is 16.9. The minimum absolute atomic E-state index is 0.0753. The Balaban J connectivity index is 1.73. The first-order chi connectivity index (χ1) is 12.4. The molecule has 12 heteroatoms. The van der Waals surface area contributed by atoms with Crippen LogP contribution in [0.1, 0.15) is 12.6 Å². The van der Waals surface area contributed by atoms with E-state index in [1.54, 1.807) is 12.3 Å². The van der Waals surface area contributed by atoms with Crippen molar-refractivity contribution >= 4 is 51.7 Å². The number of aliphatic carboxylic acids is 1. The summed E-state index contributed by atoms with van der Waals surface area (Å²) in [5.74, 6) is -1.82. The Labute approximate surface area is 156 Å². The number of hydrogen-bond acceptors (Lipinski definition) is 9. The van der Waals surface area contributed by atoms with Crippen molar-refractivity contribution in [2.45, 2.75) is 18.3 Å². The molecule has 26 heavy (non-hydrogen) atoms. The monoisotopic (exact) mass is 397 g/mol. The van der Waals surface area contributed by atoms with Gasteiger partial charge in [-0.15, -0.1) is 23.1 Å². The number of nitrogens with one attached hydrogen (secondary N) is 1. The van der Waals surface area contributed by atoms with Gasteiger partial charge in [-0.25, -0.2) is 9.78 Å². The van der Waals surface area contributed by atoms with Crippen molar-refractivity contribution in [3.63, 3.8) is 0 Å². The van der Waals surface area contributed by atoms with Crippen LogP contribution in [0.4, 0.5) is 5.13 Å². The molecule has 0 saturated carbocycles. The number of anilines is 1. The second-order valence-corrected chi connectivity index (χ2v) is 7.28. The Morgan fingerprint density at radius 2 is 2.35 bits per heavy atom. The van der Waals surface area contributed by atoms with Crippen molar-refractivity contribution in [1.29, 1.82) is 0 Å². The molecule has 1 saturated heterocycles. The Bertz CT molecular complexity index is 820. The maximum Gasteiger partial charge on any atom is 0.333 e. The number of nitrogen functional groups attached to an aromatic ring is 1. The van der Waals surface area contributed by atoms with E-state index in [4.69, 9.17) is 15.7 Å². The molecule has 2 aliphatic heterocycles. The van der Waals surface area contributed by atoms with Crippen molar-refractivity contribution in [2.24, 2.45) is 5.16 Å². The number of carbonyl (C=O) groups is 3. The number of fused-ring (bicyclic) bond motifs is 1. The molecule has 1 aromatic heterocycles. The van der Waals surface area contributed by atoms with Crippen LogP contribution in [0.2, 0.25) is 0 Å². The number of carboxylic acid groups (broad SMARTS) is 1. The van der Waals surface area contributed by atoms with Crippen molar-refractivity contribution < 1.29 is 24.3 Å². The van der Waals surface area contributed by atoms with E-state index in [9.17, 15) is 14.4 Å². The van der Waals surface area contributed by atoms with Crippen LogP contribution in [0.5, 0.6) is 0 Å². The van der Waals surface area contributed by atoms with Crippen LogP contribution in [0.25, 0.3) is 0 Å². The summed E-state index contributed by atoms with van der Waals surface area (Å²) in [6.45, 7) is 1.97. The highest BCUT2D eigenvalue weighted by molar-refractivity contribution is 8.00. The van der Waals surface area contributed by atoms with Gasteiger partial charge in [-0.1, -0.05) is 5.16 Å². The predicted octanol–water partition coefficient (Wildman–Crippen LogP) is -0.166. The third-order valence-electron chi connectivity index (χ3n) is 3.61. The molecule has 0 aliphatic carbocycles. The second-order valence-electron chi connectivity index (χ2n) is 5.29. The fourth-order valence-corrected chi connectivity index (χ4v) is 4.17. The molecule has 2 atom stereocenters. The topological polar surface area (TPSA) is 147 Å². The average molecular weight is 397 g/mol. The number of hydrogen-bond donors (Lipinski definition) is 3. The standard InChI is InChI=1S/C14H15N5O5S2/c1-2-24-18-8(7-5-26-14(15)16-7)10(20)17-9-11(21)19-3-6(13(22)23)4-25-12(9)19/h3,5,9,12H,2,4H2,1H3,(H2,15,16)(H,17,20)(H,22,23)/t9?,12-/m1/s1. The third-order valence-corrected chi connectivity index (χ3v) is 5.60. The van der Waals surface area contributed by atoms with E-state index >= 15 is 0 Å². The number of aromatic nitrogens is 1. The van der Waals surface area contributed by atoms with Crippen LogP contribution < -0.4 is 11.1 Å². The second kappa shape index (κ2) is 7.33. The third kappa shape index (κ3) is 3.37. The number of nitrogens with zero attached hydrogens (tertiary/aromatic N) is 3. The lowest BCUT2D eigenvalue weighted by atomic mass is 10.1. The van der Waals surface area contributed by atoms with Crippen LogP contribution in [0.15, 0.2) is 22.3 Å². The first kappa shape index (κ1) is 18.2. The van der Waals surface area contributed by atoms with Gasteiger partial charge in [-0.05, 0) is 6.92 Å². The number of carboxylic acids is 1. The number of β-lactam (4-membered cyclic amide) rings is 1. The molecule has 1 aromatic rings. The Morgan fingerprint density at radius 1 is 1.58 bits per heavy atom. The summed E-state index contributed by atoms with van der Waals surface area (Å²) in [6, 6.07) is -0.776. The zero-order valence-electron chi connectivity index (χ0n) is 13.5. The smallest absolute Gasteiger partial charge is 0.333 e. The van der Waals surface area contributed by atoms with Gasteiger partial charge in [-0.2, -0.15) is 0 Å². The van der Waals surface area contributed by atoms with Crippen molar-refractivity contribution in [1.82, 2.24) is 15.2 Å². The molecule has 2 amide bonds. The molecule has 10 nitrogen and oxygen atoms in total. The summed E-state index contributed by atoms with van der Waals surface area (Å²) < 4.78 is 0. The molecule has 1 unspecified atom stereocenters. The molecule has 0 aromatic carbocycles. The molecular formula is C14H15N5O5S2. The normalized spacial score (nSPS) is 22.2. The van der Waals surface area contributed by atoms with Crippen LogP contribution in [-0.2, 0) is 19.2 Å². The van der Waals surface area contributed by atoms with E-state index in [1.165, 1.54) is 22.9 Å². The molecule has 0 radical (unpaired) electrons. The first-order valence-electron chi connectivity index (χ1n) is 7.52. The van der Waals surface area contributed by atoms with E-state index in [0.29, 0.717) is 0 Å². The number of amides is 2. The van der Waals surface area contributed by atoms with Gasteiger partial charge in [-0.3, -0.25) is 9.59 Å². The summed E-state index contributed by atoms with van der Waals surface area (Å²) in [7, 11) is 0. The number of thiazole rings is 1. The van der Waals surface area contributed by atoms with Gasteiger partial charge in [0.15, 0.2) is 10.8 Å². The van der Waals surface area contributed by atoms with E-state index in [1.807, 2.05) is 0 Å². The molecular weight excluding hydrogens is 382 g/mol. The highest BCUT2D eigenvalue weighted by Crippen LogP contribution is 2.36. The van der Waals surface area contributed by atoms with Gasteiger partial charge >= 0.3 is 5.97 Å². The fourth-order valence-electron chi connectivity index (χ4n) is 2.37. The molecule has 2 aliphatic rings. The quantitative estimate of drug-likeness (QED) is 0.341. The van der Waals surface area contributed by atoms with Crippen LogP contribution in [0, 0.1) is 0 Å². The Hall–Kier alpha value is -2.60. The zero-order valence-corrected chi connectivity index (χ0v) is 15.2. The molecule has 0 bridgehead atoms.